The highest BCUT2D eigenvalue weighted by Crippen LogP contribution is 2.48. The number of aliphatic hydroxyl groups excluding tert-OH is 2. The summed E-state index contributed by atoms with van der Waals surface area (Å²) < 4.78 is 11.4. The Labute approximate surface area is 201 Å². The number of esters is 1. The number of carbonyl (C=O) groups excluding carboxylic acids is 1. The number of hydrogen-bond acceptors (Lipinski definition) is 6. The number of carboxylic acid groups (broad SMARTS) is 1. The summed E-state index contributed by atoms with van der Waals surface area (Å²) in [5.74, 6) is 0.188. The first kappa shape index (κ1) is 25.0. The molecule has 2 saturated carbocycles. The van der Waals surface area contributed by atoms with Crippen molar-refractivity contribution < 1.29 is 34.4 Å². The summed E-state index contributed by atoms with van der Waals surface area (Å²) in [6, 6.07) is 5.96. The van der Waals surface area contributed by atoms with Gasteiger partial charge in [0.1, 0.15) is 11.9 Å². The molecule has 4 rings (SSSR count). The molecule has 0 saturated heterocycles. The molecule has 0 bridgehead atoms. The average molecular weight is 475 g/mol. The molecule has 7 heteroatoms. The summed E-state index contributed by atoms with van der Waals surface area (Å²) in [5, 5.41) is 29.8. The zero-order chi connectivity index (χ0) is 24.2. The van der Waals surface area contributed by atoms with E-state index in [1.165, 1.54) is 5.56 Å². The van der Waals surface area contributed by atoms with E-state index in [0.29, 0.717) is 43.3 Å². The second-order valence-electron chi connectivity index (χ2n) is 10.4. The molecule has 2 fully saturated rings. The van der Waals surface area contributed by atoms with Gasteiger partial charge in [0.25, 0.3) is 0 Å². The van der Waals surface area contributed by atoms with Gasteiger partial charge in [0.15, 0.2) is 6.61 Å². The molecule has 0 aliphatic heterocycles. The highest BCUT2D eigenvalue weighted by atomic mass is 16.6. The number of carbonyl (C=O) groups is 2. The van der Waals surface area contributed by atoms with E-state index in [9.17, 15) is 19.8 Å². The Bertz CT molecular complexity index is 861. The Hall–Kier alpha value is -2.12. The second kappa shape index (κ2) is 11.1. The van der Waals surface area contributed by atoms with Crippen LogP contribution in [0.1, 0.15) is 69.4 Å². The van der Waals surface area contributed by atoms with Gasteiger partial charge in [-0.05, 0) is 99.2 Å². The lowest BCUT2D eigenvalue weighted by atomic mass is 9.73. The fourth-order valence-electron chi connectivity index (χ4n) is 6.31. The number of ether oxygens (including phenoxy) is 2. The van der Waals surface area contributed by atoms with Crippen molar-refractivity contribution in [2.45, 2.75) is 89.4 Å². The fourth-order valence-corrected chi connectivity index (χ4v) is 6.31. The van der Waals surface area contributed by atoms with E-state index >= 15 is 0 Å². The van der Waals surface area contributed by atoms with E-state index in [4.69, 9.17) is 14.6 Å². The first-order valence-electron chi connectivity index (χ1n) is 12.9. The van der Waals surface area contributed by atoms with Gasteiger partial charge in [-0.3, -0.25) is 4.79 Å². The maximum Gasteiger partial charge on any atom is 0.344 e. The van der Waals surface area contributed by atoms with Crippen molar-refractivity contribution in [3.05, 3.63) is 29.3 Å². The lowest BCUT2D eigenvalue weighted by Crippen LogP contribution is -2.30. The quantitative estimate of drug-likeness (QED) is 0.469. The van der Waals surface area contributed by atoms with Gasteiger partial charge in [0.05, 0.1) is 18.1 Å². The normalized spacial score (nSPS) is 31.3. The van der Waals surface area contributed by atoms with Crippen LogP contribution in [0.3, 0.4) is 0 Å². The van der Waals surface area contributed by atoms with Crippen molar-refractivity contribution in [1.29, 1.82) is 0 Å². The van der Waals surface area contributed by atoms with Crippen molar-refractivity contribution in [3.63, 3.8) is 0 Å². The minimum atomic E-state index is -0.774. The molecule has 1 aromatic rings. The number of aliphatic carboxylic acids is 1. The molecule has 34 heavy (non-hydrogen) atoms. The predicted octanol–water partition coefficient (Wildman–Crippen LogP) is 3.51. The second-order valence-corrected chi connectivity index (χ2v) is 10.4. The van der Waals surface area contributed by atoms with Gasteiger partial charge in [0.2, 0.25) is 0 Å². The number of hydrogen-bond donors (Lipinski definition) is 3. The third-order valence-corrected chi connectivity index (χ3v) is 8.32. The van der Waals surface area contributed by atoms with Gasteiger partial charge in [-0.25, -0.2) is 4.79 Å². The largest absolute Gasteiger partial charge is 0.482 e. The highest BCUT2D eigenvalue weighted by Gasteiger charge is 2.44. The van der Waals surface area contributed by atoms with E-state index in [2.05, 4.69) is 6.07 Å². The number of rotatable bonds is 9. The third kappa shape index (κ3) is 5.74. The smallest absolute Gasteiger partial charge is 0.344 e. The molecule has 3 aliphatic carbocycles. The van der Waals surface area contributed by atoms with Gasteiger partial charge in [-0.1, -0.05) is 19.1 Å². The lowest BCUT2D eigenvalue weighted by Gasteiger charge is -2.32. The van der Waals surface area contributed by atoms with Gasteiger partial charge in [0, 0.05) is 0 Å². The fraction of sp³-hybridized carbons (Fsp3) is 0.704. The Morgan fingerprint density at radius 2 is 1.91 bits per heavy atom. The topological polar surface area (TPSA) is 113 Å². The summed E-state index contributed by atoms with van der Waals surface area (Å²) in [6.45, 7) is 1.82. The molecular formula is C27H38O7. The Balaban J connectivity index is 1.32. The van der Waals surface area contributed by atoms with Crippen LogP contribution in [-0.4, -0.2) is 52.2 Å². The number of fused-ring (bicyclic) bond motifs is 2. The molecule has 0 radical (unpaired) electrons. The molecule has 0 unspecified atom stereocenters. The molecule has 0 aromatic heterocycles. The van der Waals surface area contributed by atoms with Crippen LogP contribution in [0.4, 0.5) is 0 Å². The van der Waals surface area contributed by atoms with E-state index in [1.807, 2.05) is 19.1 Å². The maximum absolute atomic E-state index is 12.4. The first-order chi connectivity index (χ1) is 16.4. The molecule has 3 aliphatic rings. The molecule has 5 atom stereocenters. The summed E-state index contributed by atoms with van der Waals surface area (Å²) in [4.78, 5) is 23.5. The SMILES string of the molecule is CC[C@H](O)CC[C@@H]1[C@H]2Cc3cccc(OCC(=O)OC4CCC(C(=O)O)CC4)c3C[C@H]2C[C@H]1O. The van der Waals surface area contributed by atoms with E-state index in [0.717, 1.165) is 44.1 Å². The first-order valence-corrected chi connectivity index (χ1v) is 12.9. The Morgan fingerprint density at radius 1 is 1.15 bits per heavy atom. The zero-order valence-electron chi connectivity index (χ0n) is 20.0. The van der Waals surface area contributed by atoms with Crippen LogP contribution in [0.2, 0.25) is 0 Å². The summed E-state index contributed by atoms with van der Waals surface area (Å²) in [6.07, 6.45) is 6.17. The van der Waals surface area contributed by atoms with Crippen molar-refractivity contribution in [1.82, 2.24) is 0 Å². The average Bonchev–Trinajstić information content (AvgIpc) is 3.13. The number of carboxylic acids is 1. The molecule has 0 amide bonds. The Kier molecular flexibility index (Phi) is 8.14. The highest BCUT2D eigenvalue weighted by molar-refractivity contribution is 5.72. The lowest BCUT2D eigenvalue weighted by molar-refractivity contribution is -0.154. The summed E-state index contributed by atoms with van der Waals surface area (Å²) in [7, 11) is 0. The van der Waals surface area contributed by atoms with Crippen molar-refractivity contribution in [3.8, 4) is 5.75 Å². The molecule has 3 N–H and O–H groups in total. The third-order valence-electron chi connectivity index (χ3n) is 8.32. The van der Waals surface area contributed by atoms with Crippen LogP contribution in [0.5, 0.6) is 5.75 Å². The van der Waals surface area contributed by atoms with Crippen LogP contribution < -0.4 is 4.74 Å². The van der Waals surface area contributed by atoms with Crippen molar-refractivity contribution in [2.75, 3.05) is 6.61 Å². The van der Waals surface area contributed by atoms with Crippen molar-refractivity contribution >= 4 is 11.9 Å². The van der Waals surface area contributed by atoms with Gasteiger partial charge >= 0.3 is 11.9 Å². The molecular weight excluding hydrogens is 436 g/mol. The van der Waals surface area contributed by atoms with E-state index in [-0.39, 0.29) is 36.8 Å². The van der Waals surface area contributed by atoms with Crippen LogP contribution in [0.25, 0.3) is 0 Å². The summed E-state index contributed by atoms with van der Waals surface area (Å²) >= 11 is 0. The van der Waals surface area contributed by atoms with Gasteiger partial charge < -0.3 is 24.8 Å². The van der Waals surface area contributed by atoms with Crippen LogP contribution in [0, 0.1) is 23.7 Å². The van der Waals surface area contributed by atoms with Crippen molar-refractivity contribution in [2.24, 2.45) is 23.7 Å². The van der Waals surface area contributed by atoms with Crippen LogP contribution in [-0.2, 0) is 27.2 Å². The van der Waals surface area contributed by atoms with Gasteiger partial charge in [-0.15, -0.1) is 0 Å². The molecule has 188 valence electrons. The zero-order valence-corrected chi connectivity index (χ0v) is 20.0. The Morgan fingerprint density at radius 3 is 2.62 bits per heavy atom. The van der Waals surface area contributed by atoms with Crippen LogP contribution in [0.15, 0.2) is 18.2 Å². The molecule has 0 spiro atoms. The number of aliphatic hydroxyl groups is 2. The molecule has 1 aromatic carbocycles. The molecule has 0 heterocycles. The minimum Gasteiger partial charge on any atom is -0.482 e. The number of benzene rings is 1. The van der Waals surface area contributed by atoms with E-state index < -0.39 is 11.9 Å². The van der Waals surface area contributed by atoms with Gasteiger partial charge in [-0.2, -0.15) is 0 Å². The maximum atomic E-state index is 12.4. The van der Waals surface area contributed by atoms with E-state index in [1.54, 1.807) is 0 Å². The monoisotopic (exact) mass is 474 g/mol. The predicted molar refractivity (Wildman–Crippen MR) is 125 cm³/mol. The molecule has 7 nitrogen and oxygen atoms in total. The van der Waals surface area contributed by atoms with Crippen LogP contribution >= 0.6 is 0 Å². The standard InChI is InChI=1S/C27H38O7/c1-2-19(28)8-11-21-22-12-17-4-3-5-25(23(17)13-18(22)14-24(21)29)33-15-26(30)34-20-9-6-16(7-10-20)27(31)32/h3-5,16,18-22,24,28-29H,2,6-15H2,1H3,(H,31,32)/t16?,18-,19-,20?,21+,22-,24+/m0/s1. The minimum absolute atomic E-state index is 0.163. The summed E-state index contributed by atoms with van der Waals surface area (Å²) in [5.41, 5.74) is 2.34.